The van der Waals surface area contributed by atoms with Gasteiger partial charge in [0, 0.05) is 13.1 Å². The van der Waals surface area contributed by atoms with Crippen LogP contribution in [-0.2, 0) is 0 Å². The van der Waals surface area contributed by atoms with Gasteiger partial charge in [-0.05, 0) is 25.7 Å². The summed E-state index contributed by atoms with van der Waals surface area (Å²) in [5, 5.41) is 15.3. The van der Waals surface area contributed by atoms with Crippen LogP contribution in [0.4, 0.5) is 4.79 Å². The van der Waals surface area contributed by atoms with Crippen molar-refractivity contribution in [3.8, 4) is 0 Å². The molecule has 0 aromatic heterocycles. The maximum absolute atomic E-state index is 11.2. The third kappa shape index (κ3) is 8.24. The maximum atomic E-state index is 11.2. The first-order chi connectivity index (χ1) is 6.87. The summed E-state index contributed by atoms with van der Waals surface area (Å²) in [6, 6.07) is -0.208. The molecule has 1 atom stereocenters. The molecule has 0 saturated carbocycles. The topological polar surface area (TPSA) is 61.4 Å². The number of rotatable bonds is 6. The van der Waals surface area contributed by atoms with Crippen LogP contribution in [0.25, 0.3) is 0 Å². The van der Waals surface area contributed by atoms with Crippen LogP contribution in [0.1, 0.15) is 40.5 Å². The minimum Gasteiger partial charge on any atom is -0.388 e. The fourth-order valence-electron chi connectivity index (χ4n) is 1.52. The Morgan fingerprint density at radius 3 is 2.47 bits per heavy atom. The van der Waals surface area contributed by atoms with Gasteiger partial charge in [-0.25, -0.2) is 4.79 Å². The summed E-state index contributed by atoms with van der Waals surface area (Å²) in [4.78, 5) is 11.2. The first kappa shape index (κ1) is 14.2. The number of carbonyl (C=O) groups excluding carboxylic acids is 1. The SMILES string of the molecule is CCCNC(=O)NCC(C)(O)CC(C)C. The number of aliphatic hydroxyl groups is 1. The summed E-state index contributed by atoms with van der Waals surface area (Å²) in [5.74, 6) is 0.417. The molecule has 0 aliphatic carbocycles. The van der Waals surface area contributed by atoms with Crippen LogP contribution in [-0.4, -0.2) is 29.8 Å². The molecule has 0 aromatic carbocycles. The van der Waals surface area contributed by atoms with Gasteiger partial charge in [0.25, 0.3) is 0 Å². The van der Waals surface area contributed by atoms with Crippen LogP contribution < -0.4 is 10.6 Å². The van der Waals surface area contributed by atoms with Crippen molar-refractivity contribution in [3.05, 3.63) is 0 Å². The van der Waals surface area contributed by atoms with Crippen molar-refractivity contribution in [1.29, 1.82) is 0 Å². The van der Waals surface area contributed by atoms with Gasteiger partial charge in [-0.2, -0.15) is 0 Å². The highest BCUT2D eigenvalue weighted by Crippen LogP contribution is 2.14. The first-order valence-corrected chi connectivity index (χ1v) is 5.61. The minimum absolute atomic E-state index is 0.208. The van der Waals surface area contributed by atoms with Crippen molar-refractivity contribution in [2.75, 3.05) is 13.1 Å². The lowest BCUT2D eigenvalue weighted by atomic mass is 9.94. The fourth-order valence-corrected chi connectivity index (χ4v) is 1.52. The molecule has 4 nitrogen and oxygen atoms in total. The second kappa shape index (κ2) is 6.67. The lowest BCUT2D eigenvalue weighted by Crippen LogP contribution is -2.45. The minimum atomic E-state index is -0.822. The first-order valence-electron chi connectivity index (χ1n) is 5.61. The number of carbonyl (C=O) groups is 1. The van der Waals surface area contributed by atoms with Gasteiger partial charge in [-0.3, -0.25) is 0 Å². The molecule has 0 aliphatic rings. The van der Waals surface area contributed by atoms with Crippen molar-refractivity contribution in [3.63, 3.8) is 0 Å². The van der Waals surface area contributed by atoms with Gasteiger partial charge >= 0.3 is 6.03 Å². The number of nitrogens with one attached hydrogen (secondary N) is 2. The Labute approximate surface area is 92.4 Å². The van der Waals surface area contributed by atoms with Crippen molar-refractivity contribution in [2.24, 2.45) is 5.92 Å². The molecule has 3 N–H and O–H groups in total. The predicted octanol–water partition coefficient (Wildman–Crippen LogP) is 1.49. The molecule has 0 aliphatic heterocycles. The molecule has 0 bridgehead atoms. The quantitative estimate of drug-likeness (QED) is 0.630. The van der Waals surface area contributed by atoms with E-state index in [9.17, 15) is 9.90 Å². The second-order valence-electron chi connectivity index (χ2n) is 4.70. The summed E-state index contributed by atoms with van der Waals surface area (Å²) in [7, 11) is 0. The fraction of sp³-hybridized carbons (Fsp3) is 0.909. The Morgan fingerprint density at radius 1 is 1.40 bits per heavy atom. The van der Waals surface area contributed by atoms with E-state index in [2.05, 4.69) is 10.6 Å². The standard InChI is InChI=1S/C11H24N2O2/c1-5-6-12-10(14)13-8-11(4,15)7-9(2)3/h9,15H,5-8H2,1-4H3,(H2,12,13,14). The van der Waals surface area contributed by atoms with Crippen molar-refractivity contribution in [1.82, 2.24) is 10.6 Å². The third-order valence-corrected chi connectivity index (χ3v) is 2.01. The molecule has 0 radical (unpaired) electrons. The largest absolute Gasteiger partial charge is 0.388 e. The van der Waals surface area contributed by atoms with Gasteiger partial charge in [0.05, 0.1) is 5.60 Å². The Kier molecular flexibility index (Phi) is 6.32. The summed E-state index contributed by atoms with van der Waals surface area (Å²) in [6.45, 7) is 8.79. The molecule has 4 heteroatoms. The van der Waals surface area contributed by atoms with E-state index < -0.39 is 5.60 Å². The van der Waals surface area contributed by atoms with Crippen molar-refractivity contribution < 1.29 is 9.90 Å². The normalized spacial score (nSPS) is 14.8. The van der Waals surface area contributed by atoms with Gasteiger partial charge in [0.15, 0.2) is 0 Å². The number of urea groups is 1. The lowest BCUT2D eigenvalue weighted by Gasteiger charge is -2.25. The van der Waals surface area contributed by atoms with Crippen molar-refractivity contribution >= 4 is 6.03 Å². The van der Waals surface area contributed by atoms with Gasteiger partial charge < -0.3 is 15.7 Å². The van der Waals surface area contributed by atoms with Gasteiger partial charge in [-0.1, -0.05) is 20.8 Å². The average molecular weight is 216 g/mol. The van der Waals surface area contributed by atoms with Crippen LogP contribution in [0.15, 0.2) is 0 Å². The molecular weight excluding hydrogens is 192 g/mol. The van der Waals surface area contributed by atoms with E-state index in [0.29, 0.717) is 25.4 Å². The summed E-state index contributed by atoms with van der Waals surface area (Å²) < 4.78 is 0. The van der Waals surface area contributed by atoms with Gasteiger partial charge in [0.2, 0.25) is 0 Å². The molecule has 1 unspecified atom stereocenters. The Bertz CT molecular complexity index is 191. The molecule has 0 fully saturated rings. The summed E-state index contributed by atoms with van der Waals surface area (Å²) in [5.41, 5.74) is -0.822. The molecular formula is C11H24N2O2. The van der Waals surface area contributed by atoms with E-state index >= 15 is 0 Å². The van der Waals surface area contributed by atoms with E-state index in [1.54, 1.807) is 6.92 Å². The highest BCUT2D eigenvalue weighted by molar-refractivity contribution is 5.73. The van der Waals surface area contributed by atoms with Crippen LogP contribution in [0.3, 0.4) is 0 Å². The zero-order chi connectivity index (χ0) is 11.9. The zero-order valence-electron chi connectivity index (χ0n) is 10.3. The highest BCUT2D eigenvalue weighted by atomic mass is 16.3. The van der Waals surface area contributed by atoms with E-state index in [4.69, 9.17) is 0 Å². The van der Waals surface area contributed by atoms with E-state index in [1.165, 1.54) is 0 Å². The van der Waals surface area contributed by atoms with Crippen LogP contribution in [0, 0.1) is 5.92 Å². The van der Waals surface area contributed by atoms with Gasteiger partial charge in [0.1, 0.15) is 0 Å². The van der Waals surface area contributed by atoms with E-state index in [-0.39, 0.29) is 6.03 Å². The molecule has 0 rings (SSSR count). The molecule has 0 aromatic rings. The summed E-state index contributed by atoms with van der Waals surface area (Å²) >= 11 is 0. The number of hydrogen-bond donors (Lipinski definition) is 3. The maximum Gasteiger partial charge on any atom is 0.314 e. The van der Waals surface area contributed by atoms with E-state index in [0.717, 1.165) is 6.42 Å². The van der Waals surface area contributed by atoms with E-state index in [1.807, 2.05) is 20.8 Å². The van der Waals surface area contributed by atoms with Gasteiger partial charge in [-0.15, -0.1) is 0 Å². The second-order valence-corrected chi connectivity index (χ2v) is 4.70. The molecule has 2 amide bonds. The highest BCUT2D eigenvalue weighted by Gasteiger charge is 2.22. The summed E-state index contributed by atoms with van der Waals surface area (Å²) in [6.07, 6.45) is 1.59. The monoisotopic (exact) mass is 216 g/mol. The lowest BCUT2D eigenvalue weighted by molar-refractivity contribution is 0.0409. The van der Waals surface area contributed by atoms with Crippen molar-refractivity contribution in [2.45, 2.75) is 46.1 Å². The number of amides is 2. The van der Waals surface area contributed by atoms with Crippen LogP contribution in [0.2, 0.25) is 0 Å². The van der Waals surface area contributed by atoms with Crippen LogP contribution >= 0.6 is 0 Å². The molecule has 0 saturated heterocycles. The Morgan fingerprint density at radius 2 is 2.00 bits per heavy atom. The molecule has 15 heavy (non-hydrogen) atoms. The molecule has 0 heterocycles. The average Bonchev–Trinajstić information content (AvgIpc) is 2.09. The number of hydrogen-bond acceptors (Lipinski definition) is 2. The predicted molar refractivity (Wildman–Crippen MR) is 61.8 cm³/mol. The third-order valence-electron chi connectivity index (χ3n) is 2.01. The zero-order valence-corrected chi connectivity index (χ0v) is 10.3. The molecule has 0 spiro atoms. The Balaban J connectivity index is 3.77. The Hall–Kier alpha value is -0.770. The van der Waals surface area contributed by atoms with Crippen LogP contribution in [0.5, 0.6) is 0 Å². The molecule has 90 valence electrons. The smallest absolute Gasteiger partial charge is 0.314 e.